The molecule has 4 aliphatic rings. The maximum Gasteiger partial charge on any atom is 0.0218 e. The average molecular weight is 391 g/mol. The summed E-state index contributed by atoms with van der Waals surface area (Å²) in [5.74, 6) is 1.93. The first-order valence-electron chi connectivity index (χ1n) is 12.3. The van der Waals surface area contributed by atoms with E-state index in [0.29, 0.717) is 16.4 Å². The molecular weight excluding hydrogens is 340 g/mol. The van der Waals surface area contributed by atoms with Crippen LogP contribution in [0.2, 0.25) is 0 Å². The van der Waals surface area contributed by atoms with Crippen LogP contribution in [0.15, 0.2) is 0 Å². The average Bonchev–Trinajstić information content (AvgIpc) is 2.59. The van der Waals surface area contributed by atoms with Gasteiger partial charge in [0.05, 0.1) is 0 Å². The molecule has 2 aliphatic carbocycles. The molecule has 0 bridgehead atoms. The first-order chi connectivity index (χ1) is 12.9. The molecule has 0 N–H and O–H groups in total. The van der Waals surface area contributed by atoms with Crippen LogP contribution in [0.1, 0.15) is 99.3 Å². The van der Waals surface area contributed by atoms with Gasteiger partial charge in [-0.15, -0.1) is 0 Å². The van der Waals surface area contributed by atoms with Crippen molar-refractivity contribution >= 4 is 0 Å². The summed E-state index contributed by atoms with van der Waals surface area (Å²) in [6.07, 6.45) is 13.2. The minimum Gasteiger partial charge on any atom is -0.305 e. The van der Waals surface area contributed by atoms with Gasteiger partial charge >= 0.3 is 0 Å². The SMILES string of the molecule is CN1CC2(CCC(C(C)(C)C)CC2)C1.CN1CCC12CCC(C(C)(C)C)CC2. The van der Waals surface area contributed by atoms with Crippen molar-refractivity contribution in [2.24, 2.45) is 28.1 Å². The van der Waals surface area contributed by atoms with E-state index in [2.05, 4.69) is 65.4 Å². The third kappa shape index (κ3) is 4.80. The van der Waals surface area contributed by atoms with E-state index in [-0.39, 0.29) is 0 Å². The molecule has 4 rings (SSSR count). The lowest BCUT2D eigenvalue weighted by atomic mass is 9.61. The molecule has 28 heavy (non-hydrogen) atoms. The Balaban J connectivity index is 0.000000161. The van der Waals surface area contributed by atoms with E-state index in [4.69, 9.17) is 0 Å². The molecular formula is C26H50N2. The van der Waals surface area contributed by atoms with Crippen molar-refractivity contribution in [2.45, 2.75) is 105 Å². The quantitative estimate of drug-likeness (QED) is 0.469. The summed E-state index contributed by atoms with van der Waals surface area (Å²) in [6, 6.07) is 0. The highest BCUT2D eigenvalue weighted by atomic mass is 15.2. The molecule has 0 unspecified atom stereocenters. The van der Waals surface area contributed by atoms with Crippen LogP contribution in [0.25, 0.3) is 0 Å². The Morgan fingerprint density at radius 2 is 1.07 bits per heavy atom. The van der Waals surface area contributed by atoms with Crippen molar-refractivity contribution in [3.05, 3.63) is 0 Å². The number of rotatable bonds is 0. The van der Waals surface area contributed by atoms with Crippen molar-refractivity contribution < 1.29 is 0 Å². The van der Waals surface area contributed by atoms with Crippen LogP contribution >= 0.6 is 0 Å². The van der Waals surface area contributed by atoms with E-state index < -0.39 is 0 Å². The van der Waals surface area contributed by atoms with E-state index >= 15 is 0 Å². The van der Waals surface area contributed by atoms with Gasteiger partial charge in [-0.3, -0.25) is 0 Å². The van der Waals surface area contributed by atoms with Crippen LogP contribution < -0.4 is 0 Å². The van der Waals surface area contributed by atoms with Gasteiger partial charge in [-0.2, -0.15) is 0 Å². The summed E-state index contributed by atoms with van der Waals surface area (Å²) in [7, 11) is 4.56. The number of hydrogen-bond donors (Lipinski definition) is 0. The summed E-state index contributed by atoms with van der Waals surface area (Å²) in [5, 5.41) is 0. The molecule has 2 nitrogen and oxygen atoms in total. The number of hydrogen-bond acceptors (Lipinski definition) is 2. The van der Waals surface area contributed by atoms with Gasteiger partial charge in [0.2, 0.25) is 0 Å². The highest BCUT2D eigenvalue weighted by molar-refractivity contribution is 5.02. The van der Waals surface area contributed by atoms with Crippen molar-refractivity contribution in [3.8, 4) is 0 Å². The topological polar surface area (TPSA) is 6.48 Å². The molecule has 2 heterocycles. The highest BCUT2D eigenvalue weighted by Gasteiger charge is 2.46. The van der Waals surface area contributed by atoms with Crippen LogP contribution in [-0.2, 0) is 0 Å². The molecule has 0 amide bonds. The van der Waals surface area contributed by atoms with Gasteiger partial charge in [0.1, 0.15) is 0 Å². The van der Waals surface area contributed by atoms with Crippen LogP contribution in [0.4, 0.5) is 0 Å². The van der Waals surface area contributed by atoms with Gasteiger partial charge in [0.25, 0.3) is 0 Å². The molecule has 0 aromatic heterocycles. The van der Waals surface area contributed by atoms with Gasteiger partial charge in [0.15, 0.2) is 0 Å². The van der Waals surface area contributed by atoms with E-state index in [1.807, 2.05) is 0 Å². The third-order valence-electron chi connectivity index (χ3n) is 9.35. The Bertz CT molecular complexity index is 500. The molecule has 2 saturated carbocycles. The maximum atomic E-state index is 2.59. The van der Waals surface area contributed by atoms with Crippen molar-refractivity contribution in [1.82, 2.24) is 9.80 Å². The fourth-order valence-electron chi connectivity index (χ4n) is 6.82. The maximum absolute atomic E-state index is 2.59. The molecule has 164 valence electrons. The first kappa shape index (κ1) is 22.6. The standard InChI is InChI=1S/2C13H25N/c1-12(2,3)11-5-7-13(8-6-11)9-14(4)10-13;1-12(2,3)11-5-7-13(8-6-11)9-10-14(13)4/h2*11H,5-10H2,1-4H3. The molecule has 0 radical (unpaired) electrons. The lowest BCUT2D eigenvalue weighted by Gasteiger charge is -2.56. The van der Waals surface area contributed by atoms with Crippen LogP contribution in [-0.4, -0.2) is 49.1 Å². The van der Waals surface area contributed by atoms with E-state index in [1.54, 1.807) is 0 Å². The number of likely N-dealkylation sites (tertiary alicyclic amines) is 2. The van der Waals surface area contributed by atoms with Gasteiger partial charge in [-0.25, -0.2) is 0 Å². The minimum absolute atomic E-state index is 0.532. The van der Waals surface area contributed by atoms with Crippen molar-refractivity contribution in [1.29, 1.82) is 0 Å². The molecule has 2 spiro atoms. The predicted octanol–water partition coefficient (Wildman–Crippen LogP) is 6.45. The van der Waals surface area contributed by atoms with E-state index in [1.165, 1.54) is 77.4 Å². The Morgan fingerprint density at radius 3 is 1.36 bits per heavy atom. The molecule has 2 saturated heterocycles. The summed E-state index contributed by atoms with van der Waals surface area (Å²) in [5.41, 5.74) is 2.46. The van der Waals surface area contributed by atoms with Gasteiger partial charge in [0, 0.05) is 25.2 Å². The number of nitrogens with zero attached hydrogens (tertiary/aromatic N) is 2. The zero-order chi connectivity index (χ0) is 20.8. The Morgan fingerprint density at radius 1 is 0.643 bits per heavy atom. The fourth-order valence-corrected chi connectivity index (χ4v) is 6.82. The Kier molecular flexibility index (Phi) is 6.36. The van der Waals surface area contributed by atoms with Crippen molar-refractivity contribution in [2.75, 3.05) is 33.7 Å². The van der Waals surface area contributed by atoms with Gasteiger partial charge in [-0.1, -0.05) is 41.5 Å². The predicted molar refractivity (Wildman–Crippen MR) is 123 cm³/mol. The zero-order valence-corrected chi connectivity index (χ0v) is 20.5. The van der Waals surface area contributed by atoms with Crippen molar-refractivity contribution in [3.63, 3.8) is 0 Å². The van der Waals surface area contributed by atoms with Gasteiger partial charge < -0.3 is 9.80 Å². The van der Waals surface area contributed by atoms with E-state index in [9.17, 15) is 0 Å². The monoisotopic (exact) mass is 390 g/mol. The van der Waals surface area contributed by atoms with Crippen LogP contribution in [0.3, 0.4) is 0 Å². The fraction of sp³-hybridized carbons (Fsp3) is 1.00. The van der Waals surface area contributed by atoms with Crippen LogP contribution in [0.5, 0.6) is 0 Å². The molecule has 0 atom stereocenters. The minimum atomic E-state index is 0.532. The van der Waals surface area contributed by atoms with E-state index in [0.717, 1.165) is 17.3 Å². The largest absolute Gasteiger partial charge is 0.305 e. The van der Waals surface area contributed by atoms with Gasteiger partial charge in [-0.05, 0) is 100.0 Å². The molecule has 4 fully saturated rings. The first-order valence-corrected chi connectivity index (χ1v) is 12.3. The summed E-state index contributed by atoms with van der Waals surface area (Å²) >= 11 is 0. The summed E-state index contributed by atoms with van der Waals surface area (Å²) in [4.78, 5) is 5.06. The second-order valence-electron chi connectivity index (χ2n) is 13.3. The second-order valence-corrected chi connectivity index (χ2v) is 13.3. The molecule has 0 aromatic carbocycles. The Labute approximate surface area is 176 Å². The smallest absolute Gasteiger partial charge is 0.0218 e. The molecule has 2 heteroatoms. The third-order valence-corrected chi connectivity index (χ3v) is 9.35. The lowest BCUT2D eigenvalue weighted by Crippen LogP contribution is -2.59. The second kappa shape index (κ2) is 7.88. The normalized spacial score (nSPS) is 29.1. The molecule has 0 aromatic rings. The lowest BCUT2D eigenvalue weighted by molar-refractivity contribution is -0.0425. The summed E-state index contributed by atoms with van der Waals surface area (Å²) < 4.78 is 0. The highest BCUT2D eigenvalue weighted by Crippen LogP contribution is 2.49. The summed E-state index contributed by atoms with van der Waals surface area (Å²) in [6.45, 7) is 18.5. The Hall–Kier alpha value is -0.0800. The zero-order valence-electron chi connectivity index (χ0n) is 20.5. The van der Waals surface area contributed by atoms with Crippen LogP contribution in [0, 0.1) is 28.1 Å². The molecule has 2 aliphatic heterocycles.